The first-order valence-electron chi connectivity index (χ1n) is 6.34. The van der Waals surface area contributed by atoms with Gasteiger partial charge in [-0.15, -0.1) is 0 Å². The van der Waals surface area contributed by atoms with Gasteiger partial charge in [0.15, 0.2) is 4.67 Å². The van der Waals surface area contributed by atoms with Crippen molar-refractivity contribution >= 4 is 27.7 Å². The fourth-order valence-electron chi connectivity index (χ4n) is 2.33. The predicted molar refractivity (Wildman–Crippen MR) is 77.7 cm³/mol. The molecule has 3 rings (SSSR count). The highest BCUT2D eigenvalue weighted by molar-refractivity contribution is 9.10. The van der Waals surface area contributed by atoms with Crippen LogP contribution in [0.1, 0.15) is 33.3 Å². The van der Waals surface area contributed by atoms with Crippen LogP contribution in [0.4, 0.5) is 0 Å². The van der Waals surface area contributed by atoms with E-state index in [1.807, 2.05) is 0 Å². The summed E-state index contributed by atoms with van der Waals surface area (Å²) in [6, 6.07) is 8.36. The van der Waals surface area contributed by atoms with Crippen molar-refractivity contribution in [2.45, 2.75) is 12.5 Å². The van der Waals surface area contributed by atoms with Crippen LogP contribution < -0.4 is 0 Å². The number of imide groups is 1. The number of aliphatic hydroxyl groups excluding tert-OH is 1. The van der Waals surface area contributed by atoms with E-state index in [2.05, 4.69) is 15.9 Å². The van der Waals surface area contributed by atoms with Crippen LogP contribution in [0, 0.1) is 0 Å². The van der Waals surface area contributed by atoms with Crippen LogP contribution >= 0.6 is 15.9 Å². The van der Waals surface area contributed by atoms with E-state index in [4.69, 9.17) is 4.42 Å². The predicted octanol–water partition coefficient (Wildman–Crippen LogP) is 2.28. The fourth-order valence-corrected chi connectivity index (χ4v) is 2.65. The number of carbonyl (C=O) groups is 2. The Morgan fingerprint density at radius 1 is 1.29 bits per heavy atom. The van der Waals surface area contributed by atoms with Gasteiger partial charge >= 0.3 is 0 Å². The van der Waals surface area contributed by atoms with Crippen molar-refractivity contribution in [3.63, 3.8) is 0 Å². The molecule has 2 amide bonds. The average Bonchev–Trinajstić information content (AvgIpc) is 2.90. The van der Waals surface area contributed by atoms with E-state index < -0.39 is 6.10 Å². The minimum absolute atomic E-state index is 0.195. The second-order valence-corrected chi connectivity index (χ2v) is 5.68. The summed E-state index contributed by atoms with van der Waals surface area (Å²) in [6.07, 6.45) is -0.766. The van der Waals surface area contributed by atoms with Gasteiger partial charge in [-0.05, 0) is 45.3 Å². The monoisotopic (exact) mass is 349 g/mol. The zero-order valence-electron chi connectivity index (χ0n) is 11.2. The molecule has 1 aliphatic heterocycles. The second kappa shape index (κ2) is 5.13. The zero-order valence-corrected chi connectivity index (χ0v) is 12.8. The number of rotatable bonds is 2. The maximum atomic E-state index is 12.1. The van der Waals surface area contributed by atoms with Crippen LogP contribution in [0.25, 0.3) is 0 Å². The molecule has 108 valence electrons. The van der Waals surface area contributed by atoms with Crippen molar-refractivity contribution in [3.05, 3.63) is 57.5 Å². The van der Waals surface area contributed by atoms with E-state index in [0.29, 0.717) is 27.1 Å². The maximum Gasteiger partial charge on any atom is 0.260 e. The van der Waals surface area contributed by atoms with Crippen LogP contribution in [0.3, 0.4) is 0 Å². The molecular formula is C15H12BrNO4. The number of halogens is 1. The molecule has 0 radical (unpaired) electrons. The average molecular weight is 350 g/mol. The van der Waals surface area contributed by atoms with Crippen LogP contribution in [-0.4, -0.2) is 28.9 Å². The zero-order chi connectivity index (χ0) is 15.1. The van der Waals surface area contributed by atoms with Gasteiger partial charge in [-0.25, -0.2) is 0 Å². The molecule has 6 heteroatoms. The van der Waals surface area contributed by atoms with Gasteiger partial charge in [0.2, 0.25) is 5.91 Å². The van der Waals surface area contributed by atoms with Crippen LogP contribution in [0.2, 0.25) is 0 Å². The molecule has 0 saturated heterocycles. The van der Waals surface area contributed by atoms with E-state index >= 15 is 0 Å². The number of likely N-dealkylation sites (N-methyl/N-ethyl adjacent to an activating group) is 1. The van der Waals surface area contributed by atoms with Crippen molar-refractivity contribution in [2.24, 2.45) is 0 Å². The molecule has 0 fully saturated rings. The summed E-state index contributed by atoms with van der Waals surface area (Å²) < 4.78 is 5.85. The molecule has 0 aliphatic carbocycles. The molecule has 2 heterocycles. The molecule has 1 N–H and O–H groups in total. The Hall–Kier alpha value is -1.92. The lowest BCUT2D eigenvalue weighted by Crippen LogP contribution is -2.39. The first kappa shape index (κ1) is 14.0. The van der Waals surface area contributed by atoms with E-state index in [0.717, 1.165) is 4.90 Å². The van der Waals surface area contributed by atoms with Gasteiger partial charge in [0.1, 0.15) is 11.9 Å². The summed E-state index contributed by atoms with van der Waals surface area (Å²) in [5.74, 6) is -0.193. The molecule has 1 aromatic heterocycles. The van der Waals surface area contributed by atoms with E-state index in [1.54, 1.807) is 30.3 Å². The summed E-state index contributed by atoms with van der Waals surface area (Å²) >= 11 is 3.18. The van der Waals surface area contributed by atoms with Gasteiger partial charge in [-0.2, -0.15) is 0 Å². The molecule has 1 unspecified atom stereocenters. The molecule has 2 aromatic rings. The number of nitrogens with zero attached hydrogens (tertiary/aromatic N) is 1. The third kappa shape index (κ3) is 2.41. The summed E-state index contributed by atoms with van der Waals surface area (Å²) in [5, 5.41) is 10.3. The highest BCUT2D eigenvalue weighted by atomic mass is 79.9. The molecule has 21 heavy (non-hydrogen) atoms. The van der Waals surface area contributed by atoms with Crippen LogP contribution in [0.5, 0.6) is 0 Å². The Bertz CT molecular complexity index is 737. The normalized spacial score (nSPS) is 16.0. The second-order valence-electron chi connectivity index (χ2n) is 4.90. The van der Waals surface area contributed by atoms with E-state index in [1.165, 1.54) is 7.05 Å². The van der Waals surface area contributed by atoms with Gasteiger partial charge in [0.05, 0.1) is 6.42 Å². The topological polar surface area (TPSA) is 70.8 Å². The summed E-state index contributed by atoms with van der Waals surface area (Å²) in [6.45, 7) is 0. The minimum Gasteiger partial charge on any atom is -0.451 e. The largest absolute Gasteiger partial charge is 0.451 e. The van der Waals surface area contributed by atoms with Crippen molar-refractivity contribution in [1.82, 2.24) is 4.90 Å². The lowest BCUT2D eigenvalue weighted by molar-refractivity contribution is -0.127. The Balaban J connectivity index is 2.00. The van der Waals surface area contributed by atoms with Crippen molar-refractivity contribution in [2.75, 3.05) is 7.05 Å². The molecule has 1 aromatic carbocycles. The summed E-state index contributed by atoms with van der Waals surface area (Å²) in [4.78, 5) is 24.9. The van der Waals surface area contributed by atoms with Gasteiger partial charge in [-0.1, -0.05) is 12.1 Å². The number of fused-ring (bicyclic) bond motifs is 1. The number of amides is 2. The minimum atomic E-state index is -0.961. The third-order valence-electron chi connectivity index (χ3n) is 3.56. The Morgan fingerprint density at radius 2 is 2.05 bits per heavy atom. The summed E-state index contributed by atoms with van der Waals surface area (Å²) in [7, 11) is 1.46. The first-order chi connectivity index (χ1) is 9.97. The lowest BCUT2D eigenvalue weighted by atomic mass is 9.94. The molecule has 5 nitrogen and oxygen atoms in total. The number of hydrogen-bond donors (Lipinski definition) is 1. The summed E-state index contributed by atoms with van der Waals surface area (Å²) in [5.41, 5.74) is 1.67. The maximum absolute atomic E-state index is 12.1. The van der Waals surface area contributed by atoms with Crippen molar-refractivity contribution in [3.8, 4) is 0 Å². The molecule has 1 atom stereocenters. The Morgan fingerprint density at radius 3 is 2.71 bits per heavy atom. The van der Waals surface area contributed by atoms with Gasteiger partial charge in [0.25, 0.3) is 5.91 Å². The van der Waals surface area contributed by atoms with Crippen molar-refractivity contribution < 1.29 is 19.1 Å². The number of furan rings is 1. The SMILES string of the molecule is CN1C(=O)Cc2ccc(C(O)c3ccc(Br)o3)cc2C1=O. The van der Waals surface area contributed by atoms with Crippen LogP contribution in [0.15, 0.2) is 39.4 Å². The standard InChI is InChI=1S/C15H12BrNO4/c1-17-13(18)7-8-2-3-9(6-10(8)15(17)20)14(19)11-4-5-12(16)21-11/h2-6,14,19H,7H2,1H3. The highest BCUT2D eigenvalue weighted by Crippen LogP contribution is 2.29. The fraction of sp³-hybridized carbons (Fsp3) is 0.200. The number of aliphatic hydroxyl groups is 1. The molecule has 0 spiro atoms. The number of hydrogen-bond acceptors (Lipinski definition) is 4. The number of benzene rings is 1. The molecular weight excluding hydrogens is 338 g/mol. The molecule has 1 aliphatic rings. The van der Waals surface area contributed by atoms with Crippen LogP contribution in [-0.2, 0) is 11.2 Å². The Labute approximate surface area is 129 Å². The van der Waals surface area contributed by atoms with Gasteiger partial charge in [0, 0.05) is 12.6 Å². The van der Waals surface area contributed by atoms with E-state index in [9.17, 15) is 14.7 Å². The lowest BCUT2D eigenvalue weighted by Gasteiger charge is -2.24. The third-order valence-corrected chi connectivity index (χ3v) is 3.99. The van der Waals surface area contributed by atoms with E-state index in [-0.39, 0.29) is 18.2 Å². The molecule has 0 bridgehead atoms. The van der Waals surface area contributed by atoms with Crippen molar-refractivity contribution in [1.29, 1.82) is 0 Å². The number of carbonyl (C=O) groups excluding carboxylic acids is 2. The molecule has 0 saturated carbocycles. The smallest absolute Gasteiger partial charge is 0.260 e. The highest BCUT2D eigenvalue weighted by Gasteiger charge is 2.29. The first-order valence-corrected chi connectivity index (χ1v) is 7.13. The quantitative estimate of drug-likeness (QED) is 0.844. The van der Waals surface area contributed by atoms with Gasteiger partial charge < -0.3 is 9.52 Å². The Kier molecular flexibility index (Phi) is 3.43. The van der Waals surface area contributed by atoms with Gasteiger partial charge in [-0.3, -0.25) is 14.5 Å².